The average Bonchev–Trinajstić information content (AvgIpc) is 3.73. The van der Waals surface area contributed by atoms with Crippen molar-refractivity contribution in [2.45, 2.75) is 70.6 Å². The van der Waals surface area contributed by atoms with Crippen molar-refractivity contribution >= 4 is 50.8 Å². The van der Waals surface area contributed by atoms with Gasteiger partial charge in [0.05, 0.1) is 22.4 Å². The molecule has 8 aromatic rings. The first-order chi connectivity index (χ1) is 26.0. The fraction of sp³-hybridized carbons (Fsp3) is 0.255. The van der Waals surface area contributed by atoms with Gasteiger partial charge in [-0.05, 0) is 54.3 Å². The molecule has 4 aromatic heterocycles. The zero-order valence-corrected chi connectivity index (χ0v) is 37.0. The second-order valence-corrected chi connectivity index (χ2v) is 26.6. The number of nitrogens with zero attached hydrogens (tertiary/aromatic N) is 4. The monoisotopic (exact) mass is 953 g/mol. The molecule has 7 heteroatoms. The van der Waals surface area contributed by atoms with Gasteiger partial charge in [-0.1, -0.05) is 56.0 Å². The molecule has 0 bridgehead atoms. The fourth-order valence-corrected chi connectivity index (χ4v) is 9.58. The van der Waals surface area contributed by atoms with E-state index in [1.54, 1.807) is 0 Å². The van der Waals surface area contributed by atoms with Crippen molar-refractivity contribution < 1.29 is 27.3 Å². The van der Waals surface area contributed by atoms with Crippen molar-refractivity contribution in [2.75, 3.05) is 0 Å². The zero-order valence-electron chi connectivity index (χ0n) is 34.5. The summed E-state index contributed by atoms with van der Waals surface area (Å²) >= 11 is -2.20. The Kier molecular flexibility index (Phi) is 10.7. The van der Waals surface area contributed by atoms with Gasteiger partial charge in [0, 0.05) is 36.9 Å². The molecule has 4 aromatic carbocycles. The largest absolute Gasteiger partial charge is 0 e. The third kappa shape index (κ3) is 8.17. The molecule has 0 fully saturated rings. The number of aryl methyl sites for hydroxylation is 1. The Morgan fingerprint density at radius 3 is 2.28 bits per heavy atom. The summed E-state index contributed by atoms with van der Waals surface area (Å²) in [6.07, 6.45) is 0.562. The van der Waals surface area contributed by atoms with Crippen molar-refractivity contribution in [2.24, 2.45) is 5.92 Å². The number of furan rings is 1. The van der Waals surface area contributed by atoms with Crippen LogP contribution in [0.5, 0.6) is 0 Å². The van der Waals surface area contributed by atoms with E-state index in [1.165, 1.54) is 5.56 Å². The van der Waals surface area contributed by atoms with Crippen LogP contribution in [-0.4, -0.2) is 32.8 Å². The molecule has 0 saturated carbocycles. The number of benzene rings is 4. The first kappa shape index (κ1) is 36.6. The van der Waals surface area contributed by atoms with Gasteiger partial charge in [0.2, 0.25) is 5.71 Å². The van der Waals surface area contributed by atoms with E-state index >= 15 is 0 Å². The van der Waals surface area contributed by atoms with Crippen LogP contribution < -0.4 is 4.40 Å². The summed E-state index contributed by atoms with van der Waals surface area (Å²) in [5, 5.41) is 2.02. The number of aromatic nitrogens is 4. The van der Waals surface area contributed by atoms with Crippen molar-refractivity contribution in [3.05, 3.63) is 138 Å². The standard InChI is InChI=1S/C29H24N3O.C18H24GeN.Ir/c1-18-12-17-22-21-8-7-9-23(26(21)33-28(22)30-18)27-31-24-10-5-6-11-25(24)32(27)20-15-13-19(14-16-20)29(2,3)4;1-14(2)11-16-12-18(15-9-7-6-8-10-15)20-13-17(16)19(3,4)5;/h5-8,10-17H,1-4H3;6-9,12-14H,11H2,1-5H3;/q2*-1;/i;11D2;. The van der Waals surface area contributed by atoms with E-state index in [0.717, 1.165) is 71.4 Å². The maximum atomic E-state index is 8.56. The molecule has 0 aliphatic carbocycles. The Morgan fingerprint density at radius 2 is 1.59 bits per heavy atom. The van der Waals surface area contributed by atoms with E-state index < -0.39 is 19.6 Å². The summed E-state index contributed by atoms with van der Waals surface area (Å²) in [6, 6.07) is 41.3. The van der Waals surface area contributed by atoms with Gasteiger partial charge in [0.15, 0.2) is 0 Å². The number of imidazole rings is 1. The second kappa shape index (κ2) is 15.8. The molecule has 0 N–H and O–H groups in total. The quantitative estimate of drug-likeness (QED) is 0.123. The maximum Gasteiger partial charge on any atom is 0 e. The predicted octanol–water partition coefficient (Wildman–Crippen LogP) is 11.7. The van der Waals surface area contributed by atoms with E-state index in [-0.39, 0.29) is 31.4 Å². The minimum Gasteiger partial charge on any atom is 0 e. The number of fused-ring (bicyclic) bond motifs is 4. The van der Waals surface area contributed by atoms with Gasteiger partial charge in [-0.2, -0.15) is 0 Å². The minimum absolute atomic E-state index is 0. The Balaban J connectivity index is 0.000000203. The van der Waals surface area contributed by atoms with Gasteiger partial charge in [-0.3, -0.25) is 4.98 Å². The van der Waals surface area contributed by atoms with Crippen LogP contribution >= 0.6 is 0 Å². The molecule has 8 rings (SSSR count). The summed E-state index contributed by atoms with van der Waals surface area (Å²) in [4.78, 5) is 14.2. The van der Waals surface area contributed by atoms with Gasteiger partial charge < -0.3 is 8.98 Å². The topological polar surface area (TPSA) is 56.7 Å². The molecule has 0 aliphatic heterocycles. The normalized spacial score (nSPS) is 12.7. The summed E-state index contributed by atoms with van der Waals surface area (Å²) in [7, 11) is 0. The maximum absolute atomic E-state index is 8.56. The molecule has 1 radical (unpaired) electrons. The number of rotatable bonds is 6. The molecule has 54 heavy (non-hydrogen) atoms. The van der Waals surface area contributed by atoms with Gasteiger partial charge in [-0.25, -0.2) is 4.98 Å². The Morgan fingerprint density at radius 1 is 0.852 bits per heavy atom. The predicted molar refractivity (Wildman–Crippen MR) is 224 cm³/mol. The van der Waals surface area contributed by atoms with Gasteiger partial charge in [0.1, 0.15) is 0 Å². The van der Waals surface area contributed by atoms with Crippen LogP contribution in [0.3, 0.4) is 0 Å². The van der Waals surface area contributed by atoms with Crippen LogP contribution in [0.25, 0.3) is 61.4 Å². The summed E-state index contributed by atoms with van der Waals surface area (Å²) < 4.78 is 26.7. The number of hydrogen-bond acceptors (Lipinski definition) is 4. The minimum atomic E-state index is -2.20. The van der Waals surface area contributed by atoms with Crippen molar-refractivity contribution in [3.63, 3.8) is 0 Å². The molecule has 0 saturated heterocycles. The zero-order chi connectivity index (χ0) is 39.3. The smallest absolute Gasteiger partial charge is 0 e. The van der Waals surface area contributed by atoms with Gasteiger partial charge in [-0.15, -0.1) is 18.2 Å². The van der Waals surface area contributed by atoms with E-state index in [2.05, 4.69) is 101 Å². The van der Waals surface area contributed by atoms with Crippen molar-refractivity contribution in [1.29, 1.82) is 0 Å². The Bertz CT molecular complexity index is 2640. The SMILES string of the molecule is Cc1ccc2c(n1)oc1c(-c3nc4ccccc4n3-c3ccc(C(C)(C)C)cc3)[c-]ccc12.[2H]C([2H])(c1cc(-c2[c-]cccc2)nc[c]1[Ge]([CH3])([CH3])[CH3])C(C)C.[Ir]. The van der Waals surface area contributed by atoms with E-state index in [1.807, 2.05) is 93.7 Å². The first-order valence-corrected chi connectivity index (χ1v) is 25.7. The molecule has 0 unspecified atom stereocenters. The summed E-state index contributed by atoms with van der Waals surface area (Å²) in [6.45, 7) is 12.5. The van der Waals surface area contributed by atoms with Crippen molar-refractivity contribution in [3.8, 4) is 28.3 Å². The van der Waals surface area contributed by atoms with Crippen LogP contribution in [0.1, 0.15) is 54.2 Å². The Labute approximate surface area is 338 Å². The molecular weight excluding hydrogens is 901 g/mol. The molecule has 0 atom stereocenters. The molecule has 0 aliphatic rings. The van der Waals surface area contributed by atoms with Crippen LogP contribution in [0.4, 0.5) is 0 Å². The van der Waals surface area contributed by atoms with Crippen LogP contribution in [0.15, 0.2) is 114 Å². The molecule has 5 nitrogen and oxygen atoms in total. The molecule has 0 spiro atoms. The molecule has 4 heterocycles. The van der Waals surface area contributed by atoms with Gasteiger partial charge in [0.25, 0.3) is 0 Å². The van der Waals surface area contributed by atoms with Crippen LogP contribution in [0.2, 0.25) is 17.3 Å². The Hall–Kier alpha value is -4.36. The van der Waals surface area contributed by atoms with Crippen molar-refractivity contribution in [1.82, 2.24) is 19.5 Å². The van der Waals surface area contributed by atoms with Crippen LogP contribution in [0, 0.1) is 25.0 Å². The van der Waals surface area contributed by atoms with E-state index in [4.69, 9.17) is 12.1 Å². The molecule has 277 valence electrons. The van der Waals surface area contributed by atoms with E-state index in [9.17, 15) is 0 Å². The third-order valence-electron chi connectivity index (χ3n) is 9.35. The molecule has 0 amide bonds. The van der Waals surface area contributed by atoms with E-state index in [0.29, 0.717) is 5.71 Å². The fourth-order valence-electron chi connectivity index (χ4n) is 6.63. The number of para-hydroxylation sites is 2. The first-order valence-electron chi connectivity index (χ1n) is 19.3. The number of pyridine rings is 2. The third-order valence-corrected chi connectivity index (χ3v) is 13.6. The number of hydrogen-bond donors (Lipinski definition) is 0. The second-order valence-electron chi connectivity index (χ2n) is 16.0. The summed E-state index contributed by atoms with van der Waals surface area (Å²) in [5.74, 6) is 7.58. The van der Waals surface area contributed by atoms with Gasteiger partial charge >= 0.3 is 128 Å². The van der Waals surface area contributed by atoms with Crippen LogP contribution in [-0.2, 0) is 31.9 Å². The molecular formula is C47H48GeIrN4O-2. The summed E-state index contributed by atoms with van der Waals surface area (Å²) in [5.41, 5.74) is 10.1. The average molecular weight is 952 g/mol.